The van der Waals surface area contributed by atoms with Crippen molar-refractivity contribution in [1.29, 1.82) is 0 Å². The van der Waals surface area contributed by atoms with Gasteiger partial charge in [0.15, 0.2) is 12.6 Å². The smallest absolute Gasteiger partial charge is 0.220 e. The van der Waals surface area contributed by atoms with Gasteiger partial charge in [-0.1, -0.05) is 154 Å². The first-order chi connectivity index (χ1) is 29.6. The Labute approximate surface area is 367 Å². The Morgan fingerprint density at radius 2 is 1.03 bits per heavy atom. The molecule has 0 spiro atoms. The van der Waals surface area contributed by atoms with Crippen LogP contribution in [0.4, 0.5) is 0 Å². The number of aliphatic hydroxyl groups is 8. The molecule has 12 unspecified atom stereocenters. The van der Waals surface area contributed by atoms with E-state index in [1.54, 1.807) is 0 Å². The fourth-order valence-electron chi connectivity index (χ4n) is 8.17. The molecule has 14 nitrogen and oxygen atoms in total. The van der Waals surface area contributed by atoms with Gasteiger partial charge in [-0.15, -0.1) is 0 Å². The van der Waals surface area contributed by atoms with Gasteiger partial charge in [0, 0.05) is 6.42 Å². The van der Waals surface area contributed by atoms with E-state index in [0.29, 0.717) is 19.3 Å². The summed E-state index contributed by atoms with van der Waals surface area (Å²) in [5.41, 5.74) is 0. The monoisotopic (exact) mass is 876 g/mol. The van der Waals surface area contributed by atoms with E-state index in [-0.39, 0.29) is 12.5 Å². The molecule has 2 aliphatic heterocycles. The largest absolute Gasteiger partial charge is 0.394 e. The van der Waals surface area contributed by atoms with Gasteiger partial charge >= 0.3 is 0 Å². The van der Waals surface area contributed by atoms with Crippen LogP contribution in [0.3, 0.4) is 0 Å². The molecule has 9 N–H and O–H groups in total. The summed E-state index contributed by atoms with van der Waals surface area (Å²) in [6.07, 6.45) is 17.8. The predicted octanol–water partition coefficient (Wildman–Crippen LogP) is 5.60. The number of aliphatic hydroxyl groups excluding tert-OH is 8. The molecule has 0 aromatic rings. The maximum absolute atomic E-state index is 13.1. The highest BCUT2D eigenvalue weighted by molar-refractivity contribution is 5.76. The molecule has 14 heteroatoms. The lowest BCUT2D eigenvalue weighted by atomic mass is 9.97. The molecule has 2 saturated heterocycles. The highest BCUT2D eigenvalue weighted by Gasteiger charge is 2.51. The molecular weight excluding hydrogens is 787 g/mol. The molecule has 0 aliphatic carbocycles. The van der Waals surface area contributed by atoms with E-state index in [2.05, 4.69) is 31.3 Å². The molecule has 61 heavy (non-hydrogen) atoms. The number of nitrogens with one attached hydrogen (secondary N) is 1. The summed E-state index contributed by atoms with van der Waals surface area (Å²) in [5.74, 6) is -0.217. The molecule has 2 rings (SSSR count). The van der Waals surface area contributed by atoms with E-state index in [9.17, 15) is 45.6 Å². The van der Waals surface area contributed by atoms with E-state index >= 15 is 0 Å². The quantitative estimate of drug-likeness (QED) is 0.0274. The molecule has 0 radical (unpaired) electrons. The Bertz CT molecular complexity index is 1080. The zero-order valence-electron chi connectivity index (χ0n) is 37.9. The standard InChI is InChI=1S/C47H89NO13/c1-3-5-7-9-11-13-15-17-18-19-20-22-24-26-28-30-36(51)35(48-39(52)31-29-27-25-23-21-16-14-12-10-8-6-4-2)34-58-46-44(57)42(55)45(38(33-50)60-46)61-47-43(56)41(54)40(53)37(32-49)59-47/h12,14,35-38,40-47,49-51,53-57H,3-11,13,15-34H2,1-2H3,(H,48,52)/b14-12-. The lowest BCUT2D eigenvalue weighted by Crippen LogP contribution is -2.65. The van der Waals surface area contributed by atoms with Crippen molar-refractivity contribution in [2.45, 2.75) is 261 Å². The Kier molecular flexibility index (Phi) is 32.1. The fraction of sp³-hybridized carbons (Fsp3) is 0.936. The molecule has 2 fully saturated rings. The third kappa shape index (κ3) is 23.0. The third-order valence-corrected chi connectivity index (χ3v) is 12.2. The maximum Gasteiger partial charge on any atom is 0.220 e. The fourth-order valence-corrected chi connectivity index (χ4v) is 8.17. The van der Waals surface area contributed by atoms with Gasteiger partial charge in [-0.05, 0) is 38.5 Å². The van der Waals surface area contributed by atoms with E-state index in [4.69, 9.17) is 18.9 Å². The lowest BCUT2D eigenvalue weighted by molar-refractivity contribution is -0.359. The van der Waals surface area contributed by atoms with Crippen LogP contribution >= 0.6 is 0 Å². The summed E-state index contributed by atoms with van der Waals surface area (Å²) in [7, 11) is 0. The second-order valence-electron chi connectivity index (χ2n) is 17.6. The zero-order valence-corrected chi connectivity index (χ0v) is 37.9. The van der Waals surface area contributed by atoms with E-state index < -0.39 is 86.8 Å². The van der Waals surface area contributed by atoms with Crippen LogP contribution in [0, 0.1) is 0 Å². The minimum Gasteiger partial charge on any atom is -0.394 e. The molecule has 0 bridgehead atoms. The van der Waals surface area contributed by atoms with Crippen molar-refractivity contribution in [3.8, 4) is 0 Å². The zero-order chi connectivity index (χ0) is 44.7. The highest BCUT2D eigenvalue weighted by atomic mass is 16.7. The van der Waals surface area contributed by atoms with Crippen molar-refractivity contribution in [3.63, 3.8) is 0 Å². The van der Waals surface area contributed by atoms with Gasteiger partial charge in [0.1, 0.15) is 48.8 Å². The van der Waals surface area contributed by atoms with Gasteiger partial charge in [-0.25, -0.2) is 0 Å². The van der Waals surface area contributed by atoms with Gasteiger partial charge in [-0.3, -0.25) is 4.79 Å². The van der Waals surface area contributed by atoms with Crippen molar-refractivity contribution in [1.82, 2.24) is 5.32 Å². The average molecular weight is 876 g/mol. The summed E-state index contributed by atoms with van der Waals surface area (Å²) < 4.78 is 22.7. The maximum atomic E-state index is 13.1. The number of unbranched alkanes of at least 4 members (excludes halogenated alkanes) is 22. The molecule has 0 saturated carbocycles. The van der Waals surface area contributed by atoms with E-state index in [1.807, 2.05) is 0 Å². The highest BCUT2D eigenvalue weighted by Crippen LogP contribution is 2.30. The first-order valence-corrected chi connectivity index (χ1v) is 24.4. The van der Waals surface area contributed by atoms with Gasteiger partial charge in [0.2, 0.25) is 5.91 Å². The summed E-state index contributed by atoms with van der Waals surface area (Å²) in [6, 6.07) is -0.827. The molecule has 0 aromatic heterocycles. The van der Waals surface area contributed by atoms with Crippen molar-refractivity contribution in [3.05, 3.63) is 12.2 Å². The van der Waals surface area contributed by atoms with E-state index in [0.717, 1.165) is 64.2 Å². The number of amides is 1. The van der Waals surface area contributed by atoms with Gasteiger partial charge in [-0.2, -0.15) is 0 Å². The van der Waals surface area contributed by atoms with Crippen LogP contribution in [-0.2, 0) is 23.7 Å². The molecule has 12 atom stereocenters. The molecule has 2 aliphatic rings. The second kappa shape index (κ2) is 35.0. The molecule has 0 aromatic carbocycles. The first-order valence-electron chi connectivity index (χ1n) is 24.4. The molecular formula is C47H89NO13. The van der Waals surface area contributed by atoms with Crippen LogP contribution in [0.5, 0.6) is 0 Å². The van der Waals surface area contributed by atoms with Crippen LogP contribution in [0.25, 0.3) is 0 Å². The Hall–Kier alpha value is -1.27. The topological polar surface area (TPSA) is 228 Å². The number of hydrogen-bond donors (Lipinski definition) is 9. The van der Waals surface area contributed by atoms with E-state index in [1.165, 1.54) is 89.9 Å². The minimum atomic E-state index is -1.78. The Balaban J connectivity index is 1.86. The SMILES string of the molecule is CCCCC/C=C\CCCCCCCC(=O)NC(COC1OC(CO)C(OC2OC(CO)C(O)C(O)C2O)C(O)C1O)C(O)CCCCCCCCCCCCCCCCC. The molecule has 1 amide bonds. The van der Waals surface area contributed by atoms with Crippen molar-refractivity contribution in [2.75, 3.05) is 19.8 Å². The van der Waals surface area contributed by atoms with Gasteiger partial charge in [0.25, 0.3) is 0 Å². The summed E-state index contributed by atoms with van der Waals surface area (Å²) in [6.45, 7) is 2.81. The second-order valence-corrected chi connectivity index (χ2v) is 17.6. The van der Waals surface area contributed by atoms with Crippen LogP contribution in [0.1, 0.15) is 187 Å². The normalized spacial score (nSPS) is 28.0. The number of carbonyl (C=O) groups is 1. The molecule has 2 heterocycles. The average Bonchev–Trinajstić information content (AvgIpc) is 3.26. The van der Waals surface area contributed by atoms with Gasteiger partial charge in [0.05, 0.1) is 32.0 Å². The molecule has 360 valence electrons. The summed E-state index contributed by atoms with van der Waals surface area (Å²) in [4.78, 5) is 13.1. The van der Waals surface area contributed by atoms with Crippen molar-refractivity contribution >= 4 is 5.91 Å². The number of carbonyl (C=O) groups excluding carboxylic acids is 1. The van der Waals surface area contributed by atoms with Gasteiger partial charge < -0.3 is 65.1 Å². The van der Waals surface area contributed by atoms with Crippen LogP contribution < -0.4 is 5.32 Å². The third-order valence-electron chi connectivity index (χ3n) is 12.2. The lowest BCUT2D eigenvalue weighted by Gasteiger charge is -2.46. The summed E-state index contributed by atoms with van der Waals surface area (Å²) >= 11 is 0. The Morgan fingerprint density at radius 1 is 0.574 bits per heavy atom. The number of allylic oxidation sites excluding steroid dienone is 2. The Morgan fingerprint density at radius 3 is 1.59 bits per heavy atom. The predicted molar refractivity (Wildman–Crippen MR) is 235 cm³/mol. The minimum absolute atomic E-state index is 0.217. The van der Waals surface area contributed by atoms with Crippen molar-refractivity contribution < 1.29 is 64.6 Å². The number of rotatable bonds is 37. The van der Waals surface area contributed by atoms with Crippen LogP contribution in [-0.4, -0.2) is 140 Å². The number of ether oxygens (including phenoxy) is 4. The van der Waals surface area contributed by atoms with Crippen LogP contribution in [0.2, 0.25) is 0 Å². The number of hydrogen-bond acceptors (Lipinski definition) is 13. The first kappa shape index (κ1) is 55.9. The summed E-state index contributed by atoms with van der Waals surface area (Å²) in [5, 5.41) is 86.7. The van der Waals surface area contributed by atoms with Crippen molar-refractivity contribution in [2.24, 2.45) is 0 Å². The van der Waals surface area contributed by atoms with Crippen LogP contribution in [0.15, 0.2) is 12.2 Å².